The van der Waals surface area contributed by atoms with Gasteiger partial charge in [0.1, 0.15) is 6.04 Å². The van der Waals surface area contributed by atoms with Crippen LogP contribution in [-0.2, 0) is 14.8 Å². The number of nitrogens with two attached hydrogens (primary N) is 2. The topological polar surface area (TPSA) is 142 Å². The third kappa shape index (κ3) is 5.14. The molecule has 2 aromatic carbocycles. The number of carbonyl (C=O) groups is 1. The minimum absolute atomic E-state index is 0.0306. The molecule has 8 nitrogen and oxygen atoms in total. The Morgan fingerprint density at radius 1 is 1.12 bits per heavy atom. The molecule has 3 aromatic rings. The summed E-state index contributed by atoms with van der Waals surface area (Å²) in [4.78, 5) is 15.4. The summed E-state index contributed by atoms with van der Waals surface area (Å²) in [6.07, 6.45) is 2.13. The normalized spacial score (nSPS) is 15.3. The van der Waals surface area contributed by atoms with E-state index in [1.165, 1.54) is 18.2 Å². The molecule has 10 heteroatoms. The molecule has 172 valence electrons. The maximum atomic E-state index is 13.3. The van der Waals surface area contributed by atoms with Crippen molar-refractivity contribution >= 4 is 44.4 Å². The molecule has 6 N–H and O–H groups in total. The van der Waals surface area contributed by atoms with Crippen LogP contribution < -0.4 is 16.2 Å². The Balaban J connectivity index is 1.61. The maximum absolute atomic E-state index is 13.3. The number of rotatable bonds is 7. The van der Waals surface area contributed by atoms with Gasteiger partial charge in [-0.2, -0.15) is 11.3 Å². The van der Waals surface area contributed by atoms with Crippen LogP contribution in [0.25, 0.3) is 0 Å². The van der Waals surface area contributed by atoms with Crippen LogP contribution in [0.2, 0.25) is 0 Å². The van der Waals surface area contributed by atoms with E-state index in [1.807, 2.05) is 16.8 Å². The molecule has 1 fully saturated rings. The summed E-state index contributed by atoms with van der Waals surface area (Å²) in [6, 6.07) is 12.4. The summed E-state index contributed by atoms with van der Waals surface area (Å²) in [6.45, 7) is 1.73. The third-order valence-electron chi connectivity index (χ3n) is 5.65. The molecule has 1 aliphatic heterocycles. The molecule has 1 atom stereocenters. The van der Waals surface area contributed by atoms with Gasteiger partial charge in [0.25, 0.3) is 0 Å². The second kappa shape index (κ2) is 9.44. The summed E-state index contributed by atoms with van der Waals surface area (Å²) >= 11 is 1.56. The first-order valence-electron chi connectivity index (χ1n) is 10.4. The standard InChI is InChI=1S/C23H25N5O3S2/c24-20-7-6-17(13-19(20)21(25)15-4-3-5-18(12-15)33(26,30)31)27-23(29)22(16-8-11-32-14-16)28-9-1-2-10-28/h3-8,11-14,22,25H,1-2,9-10,24H2,(H,27,29)(H2,26,30,31)/t22-/m0/s1. The summed E-state index contributed by atoms with van der Waals surface area (Å²) in [5.74, 6) is -0.145. The van der Waals surface area contributed by atoms with Crippen LogP contribution in [0.5, 0.6) is 0 Å². The highest BCUT2D eigenvalue weighted by molar-refractivity contribution is 7.89. The zero-order chi connectivity index (χ0) is 23.6. The molecule has 4 rings (SSSR count). The van der Waals surface area contributed by atoms with Gasteiger partial charge in [0, 0.05) is 22.5 Å². The van der Waals surface area contributed by atoms with Gasteiger partial charge in [0.2, 0.25) is 15.9 Å². The van der Waals surface area contributed by atoms with Crippen LogP contribution >= 0.6 is 11.3 Å². The molecule has 2 heterocycles. The van der Waals surface area contributed by atoms with E-state index in [4.69, 9.17) is 16.3 Å². The van der Waals surface area contributed by atoms with Crippen molar-refractivity contribution in [3.63, 3.8) is 0 Å². The highest BCUT2D eigenvalue weighted by Crippen LogP contribution is 2.29. The molecule has 33 heavy (non-hydrogen) atoms. The van der Waals surface area contributed by atoms with Crippen molar-refractivity contribution in [1.29, 1.82) is 5.41 Å². The van der Waals surface area contributed by atoms with Gasteiger partial charge in [-0.1, -0.05) is 12.1 Å². The van der Waals surface area contributed by atoms with Gasteiger partial charge in [-0.3, -0.25) is 15.1 Å². The molecule has 0 aliphatic carbocycles. The Labute approximate surface area is 196 Å². The zero-order valence-corrected chi connectivity index (χ0v) is 19.5. The van der Waals surface area contributed by atoms with Gasteiger partial charge in [-0.25, -0.2) is 13.6 Å². The van der Waals surface area contributed by atoms with Gasteiger partial charge in [-0.15, -0.1) is 0 Å². The van der Waals surface area contributed by atoms with Crippen molar-refractivity contribution in [2.24, 2.45) is 5.14 Å². The van der Waals surface area contributed by atoms with Crippen molar-refractivity contribution < 1.29 is 13.2 Å². The average Bonchev–Trinajstić information content (AvgIpc) is 3.49. The molecule has 1 aliphatic rings. The first kappa shape index (κ1) is 23.1. The van der Waals surface area contributed by atoms with Crippen molar-refractivity contribution in [2.45, 2.75) is 23.8 Å². The van der Waals surface area contributed by atoms with E-state index in [1.54, 1.807) is 35.6 Å². The Kier molecular flexibility index (Phi) is 6.61. The fraction of sp³-hybridized carbons (Fsp3) is 0.217. The van der Waals surface area contributed by atoms with E-state index < -0.39 is 10.0 Å². The van der Waals surface area contributed by atoms with Crippen LogP contribution in [0.15, 0.2) is 64.2 Å². The lowest BCUT2D eigenvalue weighted by Crippen LogP contribution is -2.35. The maximum Gasteiger partial charge on any atom is 0.246 e. The number of nitrogens with one attached hydrogen (secondary N) is 2. The van der Waals surface area contributed by atoms with Crippen LogP contribution in [0, 0.1) is 5.41 Å². The highest BCUT2D eigenvalue weighted by atomic mass is 32.2. The van der Waals surface area contributed by atoms with E-state index in [2.05, 4.69) is 10.2 Å². The predicted molar refractivity (Wildman–Crippen MR) is 131 cm³/mol. The number of nitrogens with zero attached hydrogens (tertiary/aromatic N) is 1. The largest absolute Gasteiger partial charge is 0.398 e. The third-order valence-corrected chi connectivity index (χ3v) is 7.27. The van der Waals surface area contributed by atoms with Gasteiger partial charge in [-0.05, 0) is 78.7 Å². The van der Waals surface area contributed by atoms with E-state index in [-0.39, 0.29) is 22.6 Å². The fourth-order valence-corrected chi connectivity index (χ4v) is 5.24. The number of primary sulfonamides is 1. The van der Waals surface area contributed by atoms with Crippen LogP contribution in [-0.4, -0.2) is 38.0 Å². The lowest BCUT2D eigenvalue weighted by atomic mass is 10.00. The average molecular weight is 484 g/mol. The fourth-order valence-electron chi connectivity index (χ4n) is 4.00. The number of hydrogen-bond donors (Lipinski definition) is 4. The van der Waals surface area contributed by atoms with Crippen molar-refractivity contribution in [3.8, 4) is 0 Å². The Bertz CT molecular complexity index is 1280. The molecule has 1 saturated heterocycles. The first-order chi connectivity index (χ1) is 15.7. The van der Waals surface area contributed by atoms with E-state index in [0.717, 1.165) is 31.5 Å². The molecule has 0 spiro atoms. The minimum atomic E-state index is -3.90. The lowest BCUT2D eigenvalue weighted by Gasteiger charge is -2.26. The van der Waals surface area contributed by atoms with E-state index in [9.17, 15) is 13.2 Å². The van der Waals surface area contributed by atoms with E-state index in [0.29, 0.717) is 22.5 Å². The number of likely N-dealkylation sites (tertiary alicyclic amines) is 1. The zero-order valence-electron chi connectivity index (χ0n) is 17.8. The van der Waals surface area contributed by atoms with Gasteiger partial charge in [0.05, 0.1) is 10.6 Å². The summed E-state index contributed by atoms with van der Waals surface area (Å²) in [5, 5.41) is 20.7. The predicted octanol–water partition coefficient (Wildman–Crippen LogP) is 3.17. The molecule has 1 amide bonds. The van der Waals surface area contributed by atoms with E-state index >= 15 is 0 Å². The second-order valence-corrected chi connectivity index (χ2v) is 10.3. The molecular formula is C23H25N5O3S2. The van der Waals surface area contributed by atoms with Crippen LogP contribution in [0.3, 0.4) is 0 Å². The smallest absolute Gasteiger partial charge is 0.246 e. The first-order valence-corrected chi connectivity index (χ1v) is 12.9. The highest BCUT2D eigenvalue weighted by Gasteiger charge is 2.30. The molecule has 0 saturated carbocycles. The lowest BCUT2D eigenvalue weighted by molar-refractivity contribution is -0.121. The number of benzene rings is 2. The molecule has 0 unspecified atom stereocenters. The van der Waals surface area contributed by atoms with Crippen molar-refractivity contribution in [1.82, 2.24) is 4.90 Å². The number of sulfonamides is 1. The van der Waals surface area contributed by atoms with Crippen LogP contribution in [0.1, 0.15) is 35.6 Å². The van der Waals surface area contributed by atoms with Crippen LogP contribution in [0.4, 0.5) is 11.4 Å². The number of hydrogen-bond acceptors (Lipinski definition) is 7. The monoisotopic (exact) mass is 483 g/mol. The van der Waals surface area contributed by atoms with Gasteiger partial charge in [0.15, 0.2) is 0 Å². The van der Waals surface area contributed by atoms with Crippen molar-refractivity contribution in [2.75, 3.05) is 24.1 Å². The molecule has 1 aromatic heterocycles. The van der Waals surface area contributed by atoms with Crippen molar-refractivity contribution in [3.05, 3.63) is 76.0 Å². The number of carbonyl (C=O) groups excluding carboxylic acids is 1. The SMILES string of the molecule is N=C(c1cccc(S(N)(=O)=O)c1)c1cc(NC(=O)[C@H](c2ccsc2)N2CCCC2)ccc1N. The quantitative estimate of drug-likeness (QED) is 0.302. The molecular weight excluding hydrogens is 458 g/mol. The van der Waals surface area contributed by atoms with Gasteiger partial charge < -0.3 is 11.1 Å². The Morgan fingerprint density at radius 3 is 2.55 bits per heavy atom. The molecule has 0 radical (unpaired) electrons. The van der Waals surface area contributed by atoms with Gasteiger partial charge >= 0.3 is 0 Å². The number of anilines is 2. The summed E-state index contributed by atoms with van der Waals surface area (Å²) in [5.41, 5.74) is 8.69. The number of thiophene rings is 1. The minimum Gasteiger partial charge on any atom is -0.398 e. The summed E-state index contributed by atoms with van der Waals surface area (Å²) in [7, 11) is -3.90. The second-order valence-electron chi connectivity index (χ2n) is 7.94. The number of nitrogen functional groups attached to an aromatic ring is 1. The number of amides is 1. The Hall–Kier alpha value is -3.05. The summed E-state index contributed by atoms with van der Waals surface area (Å²) < 4.78 is 23.4. The molecule has 0 bridgehead atoms. The Morgan fingerprint density at radius 2 is 1.88 bits per heavy atom.